The Morgan fingerprint density at radius 2 is 2.38 bits per heavy atom. The third-order valence-corrected chi connectivity index (χ3v) is 3.57. The average Bonchev–Trinajstić information content (AvgIpc) is 2.67. The van der Waals surface area contributed by atoms with Crippen LogP contribution in [0.2, 0.25) is 0 Å². The first-order valence-corrected chi connectivity index (χ1v) is 6.09. The molecule has 0 saturated heterocycles. The van der Waals surface area contributed by atoms with Gasteiger partial charge in [0.15, 0.2) is 5.82 Å². The van der Waals surface area contributed by atoms with Gasteiger partial charge in [-0.15, -0.1) is 11.3 Å². The van der Waals surface area contributed by atoms with Crippen molar-refractivity contribution in [2.45, 2.75) is 6.54 Å². The number of anilines is 2. The van der Waals surface area contributed by atoms with Gasteiger partial charge in [-0.25, -0.2) is 4.98 Å². The first-order chi connectivity index (χ1) is 7.66. The number of aromatic nitrogens is 2. The minimum atomic E-state index is -0.329. The maximum absolute atomic E-state index is 11.2. The van der Waals surface area contributed by atoms with Crippen LogP contribution in [0, 0.1) is 0 Å². The smallest absolute Gasteiger partial charge is 0.276 e. The lowest BCUT2D eigenvalue weighted by molar-refractivity contribution is 1.08. The van der Waals surface area contributed by atoms with Crippen LogP contribution >= 0.6 is 27.3 Å². The number of nitrogen functional groups attached to an aromatic ring is 1. The molecule has 2 aromatic rings. The van der Waals surface area contributed by atoms with Gasteiger partial charge in [0.25, 0.3) is 5.56 Å². The Labute approximate surface area is 104 Å². The molecule has 0 unspecified atom stereocenters. The minimum absolute atomic E-state index is 0.109. The standard InChI is InChI=1S/C9H9BrN4OS/c10-6-2-1-5(16-6)3-12-8-7(11)9(15)14-4-13-8/h1-2,4H,3,11H2,(H2,12,13,14,15). The number of aromatic amines is 1. The van der Waals surface area contributed by atoms with Crippen molar-refractivity contribution in [1.82, 2.24) is 9.97 Å². The van der Waals surface area contributed by atoms with E-state index in [2.05, 4.69) is 31.2 Å². The number of hydrogen-bond donors (Lipinski definition) is 3. The number of halogens is 1. The first-order valence-electron chi connectivity index (χ1n) is 4.48. The van der Waals surface area contributed by atoms with Crippen LogP contribution in [0.3, 0.4) is 0 Å². The van der Waals surface area contributed by atoms with Gasteiger partial charge >= 0.3 is 0 Å². The second-order valence-corrected chi connectivity index (χ2v) is 5.60. The summed E-state index contributed by atoms with van der Waals surface area (Å²) in [4.78, 5) is 18.7. The summed E-state index contributed by atoms with van der Waals surface area (Å²) in [5.41, 5.74) is 5.36. The van der Waals surface area contributed by atoms with Gasteiger partial charge in [0, 0.05) is 4.88 Å². The molecule has 2 heterocycles. The second-order valence-electron chi connectivity index (χ2n) is 3.05. The van der Waals surface area contributed by atoms with Gasteiger partial charge in [-0.05, 0) is 28.1 Å². The molecule has 0 aliphatic rings. The summed E-state index contributed by atoms with van der Waals surface area (Å²) in [5.74, 6) is 0.410. The van der Waals surface area contributed by atoms with Crippen LogP contribution in [0.4, 0.5) is 11.5 Å². The lowest BCUT2D eigenvalue weighted by Crippen LogP contribution is -2.15. The normalized spacial score (nSPS) is 10.3. The zero-order valence-corrected chi connectivity index (χ0v) is 10.6. The Hall–Kier alpha value is -1.34. The fraction of sp³-hybridized carbons (Fsp3) is 0.111. The number of nitrogens with two attached hydrogens (primary N) is 1. The molecule has 2 aromatic heterocycles. The molecule has 0 spiro atoms. The molecule has 0 amide bonds. The molecule has 4 N–H and O–H groups in total. The molecule has 84 valence electrons. The van der Waals surface area contributed by atoms with E-state index < -0.39 is 0 Å². The van der Waals surface area contributed by atoms with Gasteiger partial charge in [0.1, 0.15) is 5.69 Å². The van der Waals surface area contributed by atoms with Crippen LogP contribution in [-0.2, 0) is 6.54 Å². The predicted octanol–water partition coefficient (Wildman–Crippen LogP) is 1.79. The number of H-pyrrole nitrogens is 1. The van der Waals surface area contributed by atoms with Crippen molar-refractivity contribution in [2.24, 2.45) is 0 Å². The minimum Gasteiger partial charge on any atom is -0.391 e. The van der Waals surface area contributed by atoms with E-state index in [1.165, 1.54) is 6.33 Å². The quantitative estimate of drug-likeness (QED) is 0.807. The summed E-state index contributed by atoms with van der Waals surface area (Å²) < 4.78 is 1.07. The van der Waals surface area contributed by atoms with Crippen molar-refractivity contribution in [3.05, 3.63) is 37.5 Å². The maximum Gasteiger partial charge on any atom is 0.276 e. The first kappa shape index (κ1) is 11.2. The summed E-state index contributed by atoms with van der Waals surface area (Å²) in [6, 6.07) is 3.96. The Morgan fingerprint density at radius 3 is 3.06 bits per heavy atom. The number of thiophene rings is 1. The van der Waals surface area contributed by atoms with Crippen LogP contribution in [0.1, 0.15) is 4.88 Å². The Morgan fingerprint density at radius 1 is 1.56 bits per heavy atom. The highest BCUT2D eigenvalue weighted by Gasteiger charge is 2.04. The molecule has 2 rings (SSSR count). The number of nitrogens with zero attached hydrogens (tertiary/aromatic N) is 1. The third kappa shape index (κ3) is 2.42. The average molecular weight is 301 g/mol. The van der Waals surface area contributed by atoms with Crippen LogP contribution in [0.5, 0.6) is 0 Å². The van der Waals surface area contributed by atoms with Gasteiger partial charge in [0.2, 0.25) is 0 Å². The fourth-order valence-corrected chi connectivity index (χ4v) is 2.59. The zero-order chi connectivity index (χ0) is 11.5. The number of rotatable bonds is 3. The molecule has 0 aliphatic heterocycles. The Kier molecular flexibility index (Phi) is 3.25. The van der Waals surface area contributed by atoms with Crippen LogP contribution < -0.4 is 16.6 Å². The monoisotopic (exact) mass is 300 g/mol. The van der Waals surface area contributed by atoms with E-state index in [0.29, 0.717) is 12.4 Å². The SMILES string of the molecule is Nc1c(NCc2ccc(Br)s2)nc[nH]c1=O. The molecule has 5 nitrogen and oxygen atoms in total. The fourth-order valence-electron chi connectivity index (χ4n) is 1.17. The highest BCUT2D eigenvalue weighted by atomic mass is 79.9. The molecule has 0 aliphatic carbocycles. The van der Waals surface area contributed by atoms with E-state index in [4.69, 9.17) is 5.73 Å². The topological polar surface area (TPSA) is 83.8 Å². The van der Waals surface area contributed by atoms with Gasteiger partial charge < -0.3 is 16.0 Å². The molecule has 16 heavy (non-hydrogen) atoms. The van der Waals surface area contributed by atoms with Crippen molar-refractivity contribution >= 4 is 38.8 Å². The van der Waals surface area contributed by atoms with Crippen molar-refractivity contribution < 1.29 is 0 Å². The largest absolute Gasteiger partial charge is 0.391 e. The van der Waals surface area contributed by atoms with Crippen molar-refractivity contribution in [3.8, 4) is 0 Å². The molecule has 0 fully saturated rings. The zero-order valence-electron chi connectivity index (χ0n) is 8.16. The van der Waals surface area contributed by atoms with Gasteiger partial charge in [-0.1, -0.05) is 0 Å². The Balaban J connectivity index is 2.10. The van der Waals surface area contributed by atoms with E-state index in [0.717, 1.165) is 8.66 Å². The molecule has 0 radical (unpaired) electrons. The lowest BCUT2D eigenvalue weighted by atomic mass is 10.4. The van der Waals surface area contributed by atoms with Crippen molar-refractivity contribution in [2.75, 3.05) is 11.1 Å². The molecule has 0 aromatic carbocycles. The molecule has 7 heteroatoms. The van der Waals surface area contributed by atoms with E-state index in [1.54, 1.807) is 11.3 Å². The third-order valence-electron chi connectivity index (χ3n) is 1.95. The van der Waals surface area contributed by atoms with Crippen LogP contribution in [-0.4, -0.2) is 9.97 Å². The highest BCUT2D eigenvalue weighted by molar-refractivity contribution is 9.11. The maximum atomic E-state index is 11.2. The van der Waals surface area contributed by atoms with Crippen molar-refractivity contribution in [3.63, 3.8) is 0 Å². The molecule has 0 atom stereocenters. The number of nitrogens with one attached hydrogen (secondary N) is 2. The van der Waals surface area contributed by atoms with Gasteiger partial charge in [-0.2, -0.15) is 0 Å². The van der Waals surface area contributed by atoms with E-state index >= 15 is 0 Å². The second kappa shape index (κ2) is 4.67. The van der Waals surface area contributed by atoms with E-state index in [9.17, 15) is 4.79 Å². The summed E-state index contributed by atoms with van der Waals surface area (Å²) in [6.45, 7) is 0.594. The van der Waals surface area contributed by atoms with Crippen LogP contribution in [0.15, 0.2) is 27.0 Å². The molecule has 0 bridgehead atoms. The highest BCUT2D eigenvalue weighted by Crippen LogP contribution is 2.22. The van der Waals surface area contributed by atoms with E-state index in [1.807, 2.05) is 12.1 Å². The van der Waals surface area contributed by atoms with Gasteiger partial charge in [0.05, 0.1) is 16.7 Å². The molecular weight excluding hydrogens is 292 g/mol. The van der Waals surface area contributed by atoms with Crippen molar-refractivity contribution in [1.29, 1.82) is 0 Å². The molecular formula is C9H9BrN4OS. The lowest BCUT2D eigenvalue weighted by Gasteiger charge is -2.05. The summed E-state index contributed by atoms with van der Waals surface area (Å²) in [7, 11) is 0. The van der Waals surface area contributed by atoms with Crippen LogP contribution in [0.25, 0.3) is 0 Å². The summed E-state index contributed by atoms with van der Waals surface area (Å²) >= 11 is 5.00. The number of hydrogen-bond acceptors (Lipinski definition) is 5. The summed E-state index contributed by atoms with van der Waals surface area (Å²) in [5, 5.41) is 3.02. The van der Waals surface area contributed by atoms with Gasteiger partial charge in [-0.3, -0.25) is 4.79 Å². The van der Waals surface area contributed by atoms with E-state index in [-0.39, 0.29) is 11.2 Å². The summed E-state index contributed by atoms with van der Waals surface area (Å²) in [6.07, 6.45) is 1.32. The predicted molar refractivity (Wildman–Crippen MR) is 68.6 cm³/mol. The molecule has 0 saturated carbocycles. The Bertz CT molecular complexity index is 550.